The van der Waals surface area contributed by atoms with Crippen molar-refractivity contribution in [1.29, 1.82) is 0 Å². The maximum absolute atomic E-state index is 6.04. The Morgan fingerprint density at radius 1 is 0.935 bits per heavy atom. The van der Waals surface area contributed by atoms with Crippen LogP contribution < -0.4 is 19.5 Å². The minimum Gasteiger partial charge on any atom is -0.497 e. The second kappa shape index (κ2) is 7.64. The van der Waals surface area contributed by atoms with Crippen LogP contribution in [0.25, 0.3) is 0 Å². The molecule has 156 valence electrons. The number of aromatic amines is 1. The number of methoxy groups -OCH3 is 2. The topological polar surface area (TPSA) is 94.2 Å². The Labute approximate surface area is 179 Å². The van der Waals surface area contributed by atoms with Gasteiger partial charge in [0.05, 0.1) is 25.7 Å². The van der Waals surface area contributed by atoms with Crippen LogP contribution in [0.1, 0.15) is 28.3 Å². The van der Waals surface area contributed by atoms with Crippen LogP contribution in [-0.4, -0.2) is 34.4 Å². The zero-order valence-electron chi connectivity index (χ0n) is 17.3. The average Bonchev–Trinajstić information content (AvgIpc) is 3.18. The molecule has 0 fully saturated rings. The molecule has 0 spiro atoms. The number of hydrogen-bond acceptors (Lipinski definition) is 7. The summed E-state index contributed by atoms with van der Waals surface area (Å²) >= 11 is 0. The normalized spacial score (nSPS) is 14.2. The Kier molecular flexibility index (Phi) is 4.66. The van der Waals surface area contributed by atoms with Gasteiger partial charge in [-0.25, -0.2) is 9.97 Å². The molecule has 2 aromatic carbocycles. The van der Waals surface area contributed by atoms with Crippen LogP contribution in [0.15, 0.2) is 54.9 Å². The summed E-state index contributed by atoms with van der Waals surface area (Å²) in [5.41, 5.74) is 4.52. The molecule has 0 aliphatic carbocycles. The van der Waals surface area contributed by atoms with Crippen LogP contribution in [0.4, 0.5) is 11.5 Å². The van der Waals surface area contributed by atoms with Gasteiger partial charge in [-0.15, -0.1) is 5.10 Å². The Morgan fingerprint density at radius 2 is 1.74 bits per heavy atom. The molecule has 1 unspecified atom stereocenters. The number of hydrogen-bond donors (Lipinski definition) is 2. The highest BCUT2D eigenvalue weighted by Crippen LogP contribution is 2.51. The molecule has 0 bridgehead atoms. The van der Waals surface area contributed by atoms with Crippen molar-refractivity contribution in [1.82, 2.24) is 20.2 Å². The fourth-order valence-electron chi connectivity index (χ4n) is 3.92. The zero-order valence-corrected chi connectivity index (χ0v) is 17.3. The maximum Gasteiger partial charge on any atom is 0.244 e. The van der Waals surface area contributed by atoms with E-state index in [2.05, 4.69) is 25.5 Å². The highest BCUT2D eigenvalue weighted by molar-refractivity contribution is 5.69. The van der Waals surface area contributed by atoms with Crippen molar-refractivity contribution in [2.75, 3.05) is 19.5 Å². The zero-order chi connectivity index (χ0) is 21.4. The molecule has 8 heteroatoms. The number of benzene rings is 2. The van der Waals surface area contributed by atoms with Gasteiger partial charge in [0, 0.05) is 22.5 Å². The molecule has 2 N–H and O–H groups in total. The molecule has 31 heavy (non-hydrogen) atoms. The summed E-state index contributed by atoms with van der Waals surface area (Å²) in [7, 11) is 3.31. The molecular weight excluding hydrogens is 394 g/mol. The fraction of sp³-hybridized carbons (Fsp3) is 0.174. The first-order valence-electron chi connectivity index (χ1n) is 9.81. The molecule has 8 nitrogen and oxygen atoms in total. The first kappa shape index (κ1) is 18.9. The third-order valence-corrected chi connectivity index (χ3v) is 5.38. The van der Waals surface area contributed by atoms with E-state index < -0.39 is 0 Å². The second-order valence-corrected chi connectivity index (χ2v) is 7.14. The van der Waals surface area contributed by atoms with Gasteiger partial charge >= 0.3 is 0 Å². The van der Waals surface area contributed by atoms with Gasteiger partial charge in [-0.05, 0) is 37.3 Å². The quantitative estimate of drug-likeness (QED) is 0.435. The van der Waals surface area contributed by atoms with Gasteiger partial charge in [0.2, 0.25) is 11.8 Å². The average molecular weight is 415 g/mol. The van der Waals surface area contributed by atoms with Crippen LogP contribution >= 0.6 is 0 Å². The molecule has 0 amide bonds. The van der Waals surface area contributed by atoms with Gasteiger partial charge in [-0.3, -0.25) is 5.10 Å². The van der Waals surface area contributed by atoms with Crippen LogP contribution in [0, 0.1) is 6.92 Å². The van der Waals surface area contributed by atoms with Gasteiger partial charge in [0.25, 0.3) is 0 Å². The van der Waals surface area contributed by atoms with E-state index in [0.717, 1.165) is 39.6 Å². The highest BCUT2D eigenvalue weighted by Gasteiger charge is 2.37. The van der Waals surface area contributed by atoms with Crippen LogP contribution in [-0.2, 0) is 0 Å². The van der Waals surface area contributed by atoms with Crippen molar-refractivity contribution in [3.8, 4) is 23.3 Å². The minimum absolute atomic E-state index is 0.226. The molecule has 3 heterocycles. The van der Waals surface area contributed by atoms with Gasteiger partial charge in [-0.1, -0.05) is 18.2 Å². The summed E-state index contributed by atoms with van der Waals surface area (Å²) in [4.78, 5) is 8.94. The summed E-state index contributed by atoms with van der Waals surface area (Å²) in [5.74, 6) is 2.94. The lowest BCUT2D eigenvalue weighted by Gasteiger charge is -2.28. The van der Waals surface area contributed by atoms with E-state index in [9.17, 15) is 0 Å². The number of aromatic nitrogens is 4. The number of nitrogens with zero attached hydrogens (tertiary/aromatic N) is 3. The second-order valence-electron chi connectivity index (χ2n) is 7.14. The Morgan fingerprint density at radius 3 is 2.52 bits per heavy atom. The van der Waals surface area contributed by atoms with Gasteiger partial charge in [0.1, 0.15) is 23.6 Å². The highest BCUT2D eigenvalue weighted by atomic mass is 16.5. The number of ether oxygens (including phenoxy) is 3. The number of anilines is 2. The van der Waals surface area contributed by atoms with Crippen molar-refractivity contribution >= 4 is 11.5 Å². The summed E-state index contributed by atoms with van der Waals surface area (Å²) in [6.45, 7) is 1.98. The Balaban J connectivity index is 1.68. The minimum atomic E-state index is -0.226. The van der Waals surface area contributed by atoms with Crippen LogP contribution in [0.5, 0.6) is 23.3 Å². The van der Waals surface area contributed by atoms with Gasteiger partial charge < -0.3 is 19.5 Å². The number of para-hydroxylation sites is 1. The van der Waals surface area contributed by atoms with Crippen LogP contribution in [0.3, 0.4) is 0 Å². The van der Waals surface area contributed by atoms with Crippen molar-refractivity contribution < 1.29 is 14.2 Å². The molecule has 0 saturated carbocycles. The predicted octanol–water partition coefficient (Wildman–Crippen LogP) is 4.55. The SMILES string of the molecule is COc1ccc(Nc2ncnc3c2C(c2ccccc2OC)c2c(n[nH]c2C)O3)cc1. The monoisotopic (exact) mass is 415 g/mol. The molecule has 1 atom stereocenters. The Bertz CT molecular complexity index is 1240. The van der Waals surface area contributed by atoms with Gasteiger partial charge in [0.15, 0.2) is 0 Å². The molecular formula is C23H21N5O3. The van der Waals surface area contributed by atoms with E-state index in [-0.39, 0.29) is 5.92 Å². The number of aryl methyl sites for hydroxylation is 1. The number of nitrogens with one attached hydrogen (secondary N) is 2. The largest absolute Gasteiger partial charge is 0.497 e. The first-order chi connectivity index (χ1) is 15.2. The summed E-state index contributed by atoms with van der Waals surface area (Å²) in [6.07, 6.45) is 1.48. The van der Waals surface area contributed by atoms with E-state index in [4.69, 9.17) is 14.2 Å². The Hall–Kier alpha value is -4.07. The molecule has 5 rings (SSSR count). The molecule has 0 saturated heterocycles. The smallest absolute Gasteiger partial charge is 0.244 e. The lowest BCUT2D eigenvalue weighted by Crippen LogP contribution is -2.16. The van der Waals surface area contributed by atoms with E-state index in [1.165, 1.54) is 6.33 Å². The predicted molar refractivity (Wildman–Crippen MR) is 116 cm³/mol. The molecule has 2 aromatic heterocycles. The van der Waals surface area contributed by atoms with Crippen molar-refractivity contribution in [3.05, 3.63) is 77.2 Å². The lowest BCUT2D eigenvalue weighted by molar-refractivity contribution is 0.399. The van der Waals surface area contributed by atoms with Crippen molar-refractivity contribution in [2.45, 2.75) is 12.8 Å². The van der Waals surface area contributed by atoms with Gasteiger partial charge in [-0.2, -0.15) is 0 Å². The first-order valence-corrected chi connectivity index (χ1v) is 9.81. The number of rotatable bonds is 5. The summed E-state index contributed by atoms with van der Waals surface area (Å²) < 4.78 is 17.0. The third-order valence-electron chi connectivity index (χ3n) is 5.38. The lowest BCUT2D eigenvalue weighted by atomic mass is 9.83. The third kappa shape index (κ3) is 3.22. The number of fused-ring (bicyclic) bond motifs is 2. The standard InChI is InChI=1S/C23H21N5O3/c1-13-18-19(16-6-4-5-7-17(16)30-3)20-21(26-14-8-10-15(29-2)11-9-14)24-12-25-22(20)31-23(18)28-27-13/h4-12,19H,1-3H3,(H,27,28)(H,24,25,26). The maximum atomic E-state index is 6.04. The molecule has 1 aliphatic heterocycles. The molecule has 1 aliphatic rings. The van der Waals surface area contributed by atoms with Crippen molar-refractivity contribution in [2.24, 2.45) is 0 Å². The number of H-pyrrole nitrogens is 1. The van der Waals surface area contributed by atoms with E-state index >= 15 is 0 Å². The fourth-order valence-corrected chi connectivity index (χ4v) is 3.92. The van der Waals surface area contributed by atoms with E-state index in [1.54, 1.807) is 14.2 Å². The van der Waals surface area contributed by atoms with E-state index in [1.807, 2.05) is 55.5 Å². The van der Waals surface area contributed by atoms with Crippen molar-refractivity contribution in [3.63, 3.8) is 0 Å². The molecule has 4 aromatic rings. The summed E-state index contributed by atoms with van der Waals surface area (Å²) in [6, 6.07) is 15.6. The van der Waals surface area contributed by atoms with E-state index in [0.29, 0.717) is 17.6 Å². The molecule has 0 radical (unpaired) electrons. The summed E-state index contributed by atoms with van der Waals surface area (Å²) in [5, 5.41) is 10.8. The van der Waals surface area contributed by atoms with Crippen LogP contribution in [0.2, 0.25) is 0 Å².